The average Bonchev–Trinajstić information content (AvgIpc) is 3.12. The molecule has 1 atom stereocenters. The van der Waals surface area contributed by atoms with E-state index in [9.17, 15) is 0 Å². The van der Waals surface area contributed by atoms with E-state index in [0.717, 1.165) is 5.92 Å². The third kappa shape index (κ3) is 4.67. The zero-order valence-corrected chi connectivity index (χ0v) is 22.2. The van der Waals surface area contributed by atoms with Crippen molar-refractivity contribution >= 4 is 5.49 Å². The van der Waals surface area contributed by atoms with Gasteiger partial charge in [0, 0.05) is 0 Å². The molecule has 0 amide bonds. The Bertz CT molecular complexity index is 605. The first-order valence-corrected chi connectivity index (χ1v) is 20.6. The molecular formula is C20H32Cl2HfSi. The molecule has 0 saturated carbocycles. The van der Waals surface area contributed by atoms with Gasteiger partial charge in [0.15, 0.2) is 0 Å². The monoisotopic (exact) mass is 550 g/mol. The van der Waals surface area contributed by atoms with E-state index in [4.69, 9.17) is 0 Å². The minimum Gasteiger partial charge on any atom is -1.00 e. The van der Waals surface area contributed by atoms with Crippen molar-refractivity contribution in [1.82, 2.24) is 0 Å². The molecule has 0 radical (unpaired) electrons. The predicted molar refractivity (Wildman–Crippen MR) is 98.0 cm³/mol. The predicted octanol–water partition coefficient (Wildman–Crippen LogP) is 0.528. The standard InChI is InChI=1S/C13H21.C5H5.C2H6Si.2ClH.Hf/c1-5-10-9-11(6-2)13(8-4)12(10)7-3;1-2-4-5-3-1;1-3-2;;;/h10H,5-8H2,1-4H3;1-3H,4H2;1-2H3;2*1H;/q;;;;;+2/p-2. The van der Waals surface area contributed by atoms with Crippen LogP contribution in [0.25, 0.3) is 0 Å². The van der Waals surface area contributed by atoms with E-state index in [1.54, 1.807) is 5.57 Å². The summed E-state index contributed by atoms with van der Waals surface area (Å²) in [5, 5.41) is 0. The maximum atomic E-state index is 2.61. The number of hydrogen-bond donors (Lipinski definition) is 0. The summed E-state index contributed by atoms with van der Waals surface area (Å²) >= 11 is -1.82. The van der Waals surface area contributed by atoms with Crippen LogP contribution in [0, 0.1) is 5.92 Å². The fourth-order valence-electron chi connectivity index (χ4n) is 4.43. The van der Waals surface area contributed by atoms with E-state index in [1.165, 1.54) is 32.1 Å². The van der Waals surface area contributed by atoms with Gasteiger partial charge in [0.2, 0.25) is 0 Å². The van der Waals surface area contributed by atoms with E-state index < -0.39 is 20.1 Å². The van der Waals surface area contributed by atoms with E-state index >= 15 is 0 Å². The molecule has 0 bridgehead atoms. The Hall–Kier alpha value is 0.627. The molecule has 134 valence electrons. The molecule has 2 rings (SSSR count). The van der Waals surface area contributed by atoms with Gasteiger partial charge in [-0.05, 0) is 0 Å². The van der Waals surface area contributed by atoms with E-state index in [2.05, 4.69) is 59.0 Å². The van der Waals surface area contributed by atoms with Crippen molar-refractivity contribution in [2.75, 3.05) is 0 Å². The molecule has 1 unspecified atom stereocenters. The first-order chi connectivity index (χ1) is 10.6. The van der Waals surface area contributed by atoms with Crippen molar-refractivity contribution in [3.05, 3.63) is 41.6 Å². The van der Waals surface area contributed by atoms with Gasteiger partial charge in [0.05, 0.1) is 0 Å². The fraction of sp³-hybridized carbons (Fsp3) is 0.600. The molecule has 0 N–H and O–H groups in total. The van der Waals surface area contributed by atoms with Gasteiger partial charge in [-0.25, -0.2) is 0 Å². The van der Waals surface area contributed by atoms with Gasteiger partial charge in [-0.1, -0.05) is 0 Å². The van der Waals surface area contributed by atoms with E-state index in [0.29, 0.717) is 0 Å². The number of hydrogen-bond acceptors (Lipinski definition) is 0. The van der Waals surface area contributed by atoms with Gasteiger partial charge >= 0.3 is 146 Å². The van der Waals surface area contributed by atoms with Gasteiger partial charge in [-0.3, -0.25) is 0 Å². The Morgan fingerprint density at radius 3 is 2.00 bits per heavy atom. The van der Waals surface area contributed by atoms with Crippen LogP contribution in [0.4, 0.5) is 0 Å². The van der Waals surface area contributed by atoms with Crippen LogP contribution in [0.1, 0.15) is 59.8 Å². The van der Waals surface area contributed by atoms with Crippen molar-refractivity contribution in [1.29, 1.82) is 0 Å². The molecule has 0 aromatic carbocycles. The molecule has 2 aliphatic rings. The summed E-state index contributed by atoms with van der Waals surface area (Å²) in [6.07, 6.45) is 13.6. The molecular weight excluding hydrogens is 518 g/mol. The normalized spacial score (nSPS) is 18.9. The maximum absolute atomic E-state index is 2.61. The number of allylic oxidation sites excluding steroid dienone is 8. The topological polar surface area (TPSA) is 0 Å². The van der Waals surface area contributed by atoms with Crippen LogP contribution >= 0.6 is 0 Å². The quantitative estimate of drug-likeness (QED) is 0.424. The molecule has 24 heavy (non-hydrogen) atoms. The van der Waals surface area contributed by atoms with Gasteiger partial charge in [-0.2, -0.15) is 0 Å². The molecule has 4 heteroatoms. The Morgan fingerprint density at radius 2 is 1.62 bits per heavy atom. The second-order valence-corrected chi connectivity index (χ2v) is 30.4. The van der Waals surface area contributed by atoms with Crippen LogP contribution < -0.4 is 24.8 Å². The molecule has 0 aromatic heterocycles. The van der Waals surface area contributed by atoms with Crippen molar-refractivity contribution in [2.45, 2.75) is 72.9 Å². The first kappa shape index (κ1) is 24.6. The van der Waals surface area contributed by atoms with E-state index in [1.807, 2.05) is 17.8 Å². The second kappa shape index (κ2) is 11.4. The van der Waals surface area contributed by atoms with Gasteiger partial charge in [-0.15, -0.1) is 0 Å². The van der Waals surface area contributed by atoms with Crippen LogP contribution in [0.3, 0.4) is 0 Å². The smallest absolute Gasteiger partial charge is 1.00 e. The Labute approximate surface area is 169 Å². The van der Waals surface area contributed by atoms with Gasteiger partial charge < -0.3 is 24.8 Å². The van der Waals surface area contributed by atoms with Crippen LogP contribution in [-0.4, -0.2) is 5.49 Å². The summed E-state index contributed by atoms with van der Waals surface area (Å²) in [7, 11) is 0. The summed E-state index contributed by atoms with van der Waals surface area (Å²) in [6, 6.07) is 0. The van der Waals surface area contributed by atoms with Crippen LogP contribution in [-0.2, 0) is 20.1 Å². The van der Waals surface area contributed by atoms with Crippen LogP contribution in [0.2, 0.25) is 13.1 Å². The molecule has 0 saturated heterocycles. The van der Waals surface area contributed by atoms with Gasteiger partial charge in [0.1, 0.15) is 0 Å². The minimum atomic E-state index is -1.82. The Kier molecular flexibility index (Phi) is 11.7. The maximum Gasteiger partial charge on any atom is -1.00 e. The molecule has 0 spiro atoms. The molecule has 0 fully saturated rings. The van der Waals surface area contributed by atoms with Crippen molar-refractivity contribution < 1.29 is 44.9 Å². The third-order valence-corrected chi connectivity index (χ3v) is 29.7. The Morgan fingerprint density at radius 1 is 1.00 bits per heavy atom. The van der Waals surface area contributed by atoms with Gasteiger partial charge in [0.25, 0.3) is 0 Å². The van der Waals surface area contributed by atoms with Crippen molar-refractivity contribution in [3.8, 4) is 0 Å². The van der Waals surface area contributed by atoms with Crippen LogP contribution in [0.15, 0.2) is 41.6 Å². The third-order valence-electron chi connectivity index (χ3n) is 5.20. The summed E-state index contributed by atoms with van der Waals surface area (Å²) in [5.74, 6) is 0.818. The van der Waals surface area contributed by atoms with Crippen molar-refractivity contribution in [3.63, 3.8) is 0 Å². The number of rotatable bonds is 6. The Balaban J connectivity index is 0.00000264. The van der Waals surface area contributed by atoms with Crippen molar-refractivity contribution in [2.24, 2.45) is 5.92 Å². The van der Waals surface area contributed by atoms with E-state index in [-0.39, 0.29) is 30.3 Å². The summed E-state index contributed by atoms with van der Waals surface area (Å²) in [4.78, 5) is 0. The summed E-state index contributed by atoms with van der Waals surface area (Å²) in [5.41, 5.74) is 5.24. The zero-order valence-electron chi connectivity index (χ0n) is 16.1. The summed E-state index contributed by atoms with van der Waals surface area (Å²) < 4.78 is 3.94. The molecule has 2 aliphatic carbocycles. The molecule has 0 aromatic rings. The number of halogens is 2. The SMILES string of the molecule is CCC1=C(CC)C(CC)[C]([Hf+2]([C]2=CC=CC2)=[Si](C)C)=C1CC.[Cl-].[Cl-]. The molecule has 0 heterocycles. The average molecular weight is 550 g/mol. The van der Waals surface area contributed by atoms with Crippen LogP contribution in [0.5, 0.6) is 0 Å². The molecule has 0 nitrogen and oxygen atoms in total. The minimum absolute atomic E-state index is 0. The zero-order chi connectivity index (χ0) is 16.3. The first-order valence-electron chi connectivity index (χ1n) is 9.09. The molecule has 0 aliphatic heterocycles. The largest absolute Gasteiger partial charge is 1.00 e. The fourth-order valence-corrected chi connectivity index (χ4v) is 30.7. The summed E-state index contributed by atoms with van der Waals surface area (Å²) in [6.45, 7) is 14.8. The second-order valence-electron chi connectivity index (χ2n) is 6.62.